The van der Waals surface area contributed by atoms with Gasteiger partial charge in [0.25, 0.3) is 0 Å². The van der Waals surface area contributed by atoms with Crippen molar-refractivity contribution in [1.29, 1.82) is 0 Å². The van der Waals surface area contributed by atoms with E-state index in [2.05, 4.69) is 11.8 Å². The molecule has 0 radical (unpaired) electrons. The van der Waals surface area contributed by atoms with Crippen molar-refractivity contribution < 1.29 is 0 Å². The molecule has 1 aliphatic heterocycles. The Kier molecular flexibility index (Phi) is 3.81. The van der Waals surface area contributed by atoms with Gasteiger partial charge < -0.3 is 4.90 Å². The summed E-state index contributed by atoms with van der Waals surface area (Å²) in [5.41, 5.74) is 0. The van der Waals surface area contributed by atoms with Crippen LogP contribution in [0.1, 0.15) is 39.0 Å². The second-order valence-electron chi connectivity index (χ2n) is 3.26. The van der Waals surface area contributed by atoms with Gasteiger partial charge in [-0.1, -0.05) is 19.8 Å². The molecule has 10 heavy (non-hydrogen) atoms. The molecule has 1 aliphatic rings. The molecule has 0 spiro atoms. The summed E-state index contributed by atoms with van der Waals surface area (Å²) < 4.78 is 0. The summed E-state index contributed by atoms with van der Waals surface area (Å²) in [5.74, 6) is 0. The molecule has 1 fully saturated rings. The summed E-state index contributed by atoms with van der Waals surface area (Å²) in [6.07, 6.45) is 7.10. The molecule has 1 heteroatoms. The molecule has 0 aromatic carbocycles. The second-order valence-corrected chi connectivity index (χ2v) is 3.26. The van der Waals surface area contributed by atoms with E-state index in [1.54, 1.807) is 0 Å². The van der Waals surface area contributed by atoms with Crippen LogP contribution in [0.2, 0.25) is 0 Å². The predicted octanol–water partition coefficient (Wildman–Crippen LogP) is 2.27. The van der Waals surface area contributed by atoms with E-state index < -0.39 is 0 Å². The molecule has 0 bridgehead atoms. The van der Waals surface area contributed by atoms with Crippen LogP contribution in [0.25, 0.3) is 0 Å². The fourth-order valence-electron chi connectivity index (χ4n) is 1.68. The van der Waals surface area contributed by atoms with E-state index in [0.29, 0.717) is 0 Å². The van der Waals surface area contributed by atoms with E-state index in [4.69, 9.17) is 0 Å². The van der Waals surface area contributed by atoms with Crippen molar-refractivity contribution in [2.24, 2.45) is 0 Å². The maximum atomic E-state index is 2.60. The van der Waals surface area contributed by atoms with Gasteiger partial charge in [0.05, 0.1) is 0 Å². The smallest absolute Gasteiger partial charge is 0.00187 e. The van der Waals surface area contributed by atoms with Gasteiger partial charge in [-0.05, 0) is 38.9 Å². The van der Waals surface area contributed by atoms with E-state index >= 15 is 0 Å². The lowest BCUT2D eigenvalue weighted by Crippen LogP contribution is -2.25. The lowest BCUT2D eigenvalue weighted by atomic mass is 10.2. The molecule has 1 nitrogen and oxygen atoms in total. The second kappa shape index (κ2) is 4.73. The Morgan fingerprint density at radius 2 is 1.60 bits per heavy atom. The van der Waals surface area contributed by atoms with Crippen molar-refractivity contribution in [2.75, 3.05) is 19.6 Å². The highest BCUT2D eigenvalue weighted by atomic mass is 15.1. The summed E-state index contributed by atoms with van der Waals surface area (Å²) in [6.45, 7) is 6.30. The lowest BCUT2D eigenvalue weighted by Gasteiger charge is -2.17. The number of likely N-dealkylation sites (tertiary alicyclic amines) is 1. The van der Waals surface area contributed by atoms with Gasteiger partial charge in [-0.2, -0.15) is 0 Å². The third kappa shape index (κ3) is 2.70. The van der Waals surface area contributed by atoms with Crippen LogP contribution < -0.4 is 0 Å². The van der Waals surface area contributed by atoms with Gasteiger partial charge in [0.15, 0.2) is 0 Å². The molecular formula is C9H19N. The number of hydrogen-bond acceptors (Lipinski definition) is 1. The van der Waals surface area contributed by atoms with Crippen molar-refractivity contribution in [2.45, 2.75) is 39.0 Å². The lowest BCUT2D eigenvalue weighted by molar-refractivity contribution is 0.286. The molecule has 0 aromatic rings. The highest BCUT2D eigenvalue weighted by Gasteiger charge is 2.06. The number of nitrogens with zero attached hydrogens (tertiary/aromatic N) is 1. The van der Waals surface area contributed by atoms with Crippen molar-refractivity contribution in [1.82, 2.24) is 4.90 Å². The van der Waals surface area contributed by atoms with Crippen LogP contribution in [0.4, 0.5) is 0 Å². The zero-order chi connectivity index (χ0) is 7.23. The molecule has 0 unspecified atom stereocenters. The van der Waals surface area contributed by atoms with E-state index in [9.17, 15) is 0 Å². The Balaban J connectivity index is 2.15. The highest BCUT2D eigenvalue weighted by Crippen LogP contribution is 2.09. The molecule has 1 heterocycles. The van der Waals surface area contributed by atoms with Gasteiger partial charge in [0, 0.05) is 0 Å². The summed E-state index contributed by atoms with van der Waals surface area (Å²) in [5, 5.41) is 0. The van der Waals surface area contributed by atoms with Gasteiger partial charge in [-0.15, -0.1) is 0 Å². The van der Waals surface area contributed by atoms with Gasteiger partial charge in [0.2, 0.25) is 0 Å². The van der Waals surface area contributed by atoms with E-state index in [1.165, 1.54) is 51.7 Å². The minimum absolute atomic E-state index is 1.32. The van der Waals surface area contributed by atoms with Crippen molar-refractivity contribution in [3.8, 4) is 0 Å². The molecule has 0 atom stereocenters. The fraction of sp³-hybridized carbons (Fsp3) is 1.00. The van der Waals surface area contributed by atoms with Gasteiger partial charge >= 0.3 is 0 Å². The summed E-state index contributed by atoms with van der Waals surface area (Å²) in [4.78, 5) is 2.60. The van der Waals surface area contributed by atoms with E-state index in [-0.39, 0.29) is 0 Å². The van der Waals surface area contributed by atoms with Crippen LogP contribution in [0, 0.1) is 0 Å². The van der Waals surface area contributed by atoms with Crippen LogP contribution in [0.3, 0.4) is 0 Å². The highest BCUT2D eigenvalue weighted by molar-refractivity contribution is 4.61. The Hall–Kier alpha value is -0.0400. The molecule has 0 amide bonds. The first kappa shape index (κ1) is 8.06. The normalized spacial score (nSPS) is 22.5. The predicted molar refractivity (Wildman–Crippen MR) is 45.2 cm³/mol. The number of hydrogen-bond donors (Lipinski definition) is 0. The molecule has 0 saturated carbocycles. The molecule has 0 aromatic heterocycles. The van der Waals surface area contributed by atoms with Crippen LogP contribution in [-0.2, 0) is 0 Å². The first-order chi connectivity index (χ1) is 4.93. The van der Waals surface area contributed by atoms with Crippen LogP contribution in [0.5, 0.6) is 0 Å². The zero-order valence-electron chi connectivity index (χ0n) is 7.10. The topological polar surface area (TPSA) is 3.24 Å². The van der Waals surface area contributed by atoms with Crippen LogP contribution in [0.15, 0.2) is 0 Å². The van der Waals surface area contributed by atoms with Crippen molar-refractivity contribution in [3.63, 3.8) is 0 Å². The van der Waals surface area contributed by atoms with Gasteiger partial charge in [-0.25, -0.2) is 0 Å². The standard InChI is InChI=1S/C9H19N/c1-2-7-10-8-5-3-4-6-9-10/h2-9H2,1H3. The minimum Gasteiger partial charge on any atom is -0.303 e. The molecule has 1 rings (SSSR count). The quantitative estimate of drug-likeness (QED) is 0.570. The summed E-state index contributed by atoms with van der Waals surface area (Å²) >= 11 is 0. The Morgan fingerprint density at radius 3 is 2.10 bits per heavy atom. The van der Waals surface area contributed by atoms with E-state index in [0.717, 1.165) is 0 Å². The van der Waals surface area contributed by atoms with Gasteiger partial charge in [0.1, 0.15) is 0 Å². The van der Waals surface area contributed by atoms with Crippen LogP contribution >= 0.6 is 0 Å². The number of rotatable bonds is 2. The monoisotopic (exact) mass is 141 g/mol. The maximum absolute atomic E-state index is 2.60. The zero-order valence-corrected chi connectivity index (χ0v) is 7.10. The third-order valence-corrected chi connectivity index (χ3v) is 2.24. The Labute approximate surface area is 64.4 Å². The minimum atomic E-state index is 1.32. The van der Waals surface area contributed by atoms with Crippen molar-refractivity contribution >= 4 is 0 Å². The molecular weight excluding hydrogens is 122 g/mol. The average molecular weight is 141 g/mol. The first-order valence-corrected chi connectivity index (χ1v) is 4.66. The van der Waals surface area contributed by atoms with Crippen LogP contribution in [-0.4, -0.2) is 24.5 Å². The van der Waals surface area contributed by atoms with E-state index in [1.807, 2.05) is 0 Å². The molecule has 60 valence electrons. The Morgan fingerprint density at radius 1 is 1.00 bits per heavy atom. The summed E-state index contributed by atoms with van der Waals surface area (Å²) in [6, 6.07) is 0. The van der Waals surface area contributed by atoms with Crippen molar-refractivity contribution in [3.05, 3.63) is 0 Å². The van der Waals surface area contributed by atoms with Gasteiger partial charge in [-0.3, -0.25) is 0 Å². The third-order valence-electron chi connectivity index (χ3n) is 2.24. The largest absolute Gasteiger partial charge is 0.303 e. The fourth-order valence-corrected chi connectivity index (χ4v) is 1.68. The summed E-state index contributed by atoms with van der Waals surface area (Å²) in [7, 11) is 0. The molecule has 1 saturated heterocycles. The molecule has 0 aliphatic carbocycles. The SMILES string of the molecule is CCCN1CCCCCC1. The average Bonchev–Trinajstić information content (AvgIpc) is 2.17. The first-order valence-electron chi connectivity index (χ1n) is 4.66. The Bertz CT molecular complexity index is 72.8. The molecule has 0 N–H and O–H groups in total. The maximum Gasteiger partial charge on any atom is -0.00187 e.